The van der Waals surface area contributed by atoms with Crippen molar-refractivity contribution in [2.24, 2.45) is 0 Å². The van der Waals surface area contributed by atoms with Crippen molar-refractivity contribution in [3.05, 3.63) is 52.4 Å². The van der Waals surface area contributed by atoms with Crippen LogP contribution in [0.3, 0.4) is 0 Å². The Balaban J connectivity index is 1.74. The van der Waals surface area contributed by atoms with Gasteiger partial charge in [-0.05, 0) is 29.1 Å². The second-order valence-electron chi connectivity index (χ2n) is 4.07. The molecule has 2 heterocycles. The molecular weight excluding hydrogens is 312 g/mol. The Morgan fingerprint density at radius 3 is 2.70 bits per heavy atom. The molecule has 0 amide bonds. The molecule has 1 aromatic carbocycles. The van der Waals surface area contributed by atoms with Crippen LogP contribution >= 0.6 is 34.7 Å². The molecule has 0 bridgehead atoms. The minimum absolute atomic E-state index is 0.693. The average Bonchev–Trinajstić information content (AvgIpc) is 3.08. The molecule has 2 aromatic heterocycles. The Morgan fingerprint density at radius 2 is 2.00 bits per heavy atom. The van der Waals surface area contributed by atoms with Gasteiger partial charge in [0.1, 0.15) is 0 Å². The molecule has 3 rings (SSSR count). The van der Waals surface area contributed by atoms with E-state index in [0.717, 1.165) is 15.7 Å². The molecule has 0 unspecified atom stereocenters. The van der Waals surface area contributed by atoms with E-state index >= 15 is 0 Å². The molecular formula is C13H11ClN4S2. The number of halogens is 1. The minimum Gasteiger partial charge on any atom is -0.335 e. The topological polar surface area (TPSA) is 56.7 Å². The van der Waals surface area contributed by atoms with Crippen LogP contribution in [0.2, 0.25) is 5.02 Å². The third-order valence-corrected chi connectivity index (χ3v) is 4.82. The monoisotopic (exact) mass is 322 g/mol. The number of benzene rings is 1. The van der Waals surface area contributed by atoms with Crippen LogP contribution in [0.5, 0.6) is 0 Å². The first-order valence-corrected chi connectivity index (χ1v) is 8.10. The first kappa shape index (κ1) is 13.5. The van der Waals surface area contributed by atoms with Crippen molar-refractivity contribution in [3.8, 4) is 10.7 Å². The number of hydrogen-bond acceptors (Lipinski definition) is 5. The van der Waals surface area contributed by atoms with Crippen LogP contribution < -0.4 is 5.84 Å². The Bertz CT molecular complexity index is 692. The van der Waals surface area contributed by atoms with Gasteiger partial charge in [0, 0.05) is 10.8 Å². The summed E-state index contributed by atoms with van der Waals surface area (Å²) in [5.74, 6) is 7.51. The van der Waals surface area contributed by atoms with Gasteiger partial charge in [-0.25, -0.2) is 4.68 Å². The van der Waals surface area contributed by atoms with Crippen molar-refractivity contribution in [1.82, 2.24) is 14.9 Å². The quantitative estimate of drug-likeness (QED) is 0.588. The van der Waals surface area contributed by atoms with Crippen molar-refractivity contribution >= 4 is 34.7 Å². The van der Waals surface area contributed by atoms with E-state index in [1.807, 2.05) is 41.8 Å². The van der Waals surface area contributed by atoms with Crippen molar-refractivity contribution in [2.75, 3.05) is 5.84 Å². The van der Waals surface area contributed by atoms with Gasteiger partial charge >= 0.3 is 0 Å². The maximum Gasteiger partial charge on any atom is 0.210 e. The number of nitrogens with zero attached hydrogens (tertiary/aromatic N) is 3. The molecule has 0 atom stereocenters. The lowest BCUT2D eigenvalue weighted by atomic mass is 10.2. The third-order valence-electron chi connectivity index (χ3n) is 2.69. The molecule has 0 spiro atoms. The van der Waals surface area contributed by atoms with Gasteiger partial charge in [-0.15, -0.1) is 21.5 Å². The molecule has 102 valence electrons. The first-order chi connectivity index (χ1) is 9.74. The van der Waals surface area contributed by atoms with E-state index in [1.165, 1.54) is 10.2 Å². The Kier molecular flexibility index (Phi) is 3.95. The lowest BCUT2D eigenvalue weighted by Gasteiger charge is -2.02. The molecule has 20 heavy (non-hydrogen) atoms. The Morgan fingerprint density at radius 1 is 1.20 bits per heavy atom. The van der Waals surface area contributed by atoms with Crippen LogP contribution in [0.25, 0.3) is 10.7 Å². The van der Waals surface area contributed by atoms with E-state index in [0.29, 0.717) is 11.0 Å². The minimum atomic E-state index is 0.693. The van der Waals surface area contributed by atoms with Gasteiger partial charge in [0.15, 0.2) is 5.82 Å². The van der Waals surface area contributed by atoms with Crippen LogP contribution in [-0.4, -0.2) is 14.9 Å². The number of nitrogen functional groups attached to an aromatic ring is 1. The van der Waals surface area contributed by atoms with Crippen molar-refractivity contribution < 1.29 is 0 Å². The van der Waals surface area contributed by atoms with Crippen LogP contribution in [0.15, 0.2) is 46.9 Å². The van der Waals surface area contributed by atoms with E-state index in [2.05, 4.69) is 10.2 Å². The smallest absolute Gasteiger partial charge is 0.210 e. The van der Waals surface area contributed by atoms with E-state index < -0.39 is 0 Å². The van der Waals surface area contributed by atoms with Crippen LogP contribution in [0.4, 0.5) is 0 Å². The number of nitrogens with two attached hydrogens (primary N) is 1. The SMILES string of the molecule is Nn1c(SCc2ccc(Cl)cc2)nnc1-c1cccs1. The third kappa shape index (κ3) is 2.82. The number of aromatic nitrogens is 3. The summed E-state index contributed by atoms with van der Waals surface area (Å²) in [5.41, 5.74) is 1.17. The van der Waals surface area contributed by atoms with Gasteiger partial charge in [0.2, 0.25) is 5.16 Å². The van der Waals surface area contributed by atoms with Gasteiger partial charge in [-0.3, -0.25) is 0 Å². The molecule has 3 aromatic rings. The maximum absolute atomic E-state index is 6.04. The fraction of sp³-hybridized carbons (Fsp3) is 0.0769. The van der Waals surface area contributed by atoms with E-state index in [1.54, 1.807) is 23.1 Å². The Hall–Kier alpha value is -1.50. The summed E-state index contributed by atoms with van der Waals surface area (Å²) in [6.07, 6.45) is 0. The number of thiophene rings is 1. The highest BCUT2D eigenvalue weighted by molar-refractivity contribution is 7.98. The zero-order valence-corrected chi connectivity index (χ0v) is 12.8. The number of hydrogen-bond donors (Lipinski definition) is 1. The molecule has 0 fully saturated rings. The molecule has 0 aliphatic rings. The van der Waals surface area contributed by atoms with Crippen molar-refractivity contribution in [3.63, 3.8) is 0 Å². The number of rotatable bonds is 4. The van der Waals surface area contributed by atoms with Crippen LogP contribution in [0, 0.1) is 0 Å². The summed E-state index contributed by atoms with van der Waals surface area (Å²) in [5, 5.41) is 11.7. The molecule has 4 nitrogen and oxygen atoms in total. The molecule has 0 saturated carbocycles. The first-order valence-electron chi connectivity index (χ1n) is 5.85. The largest absolute Gasteiger partial charge is 0.335 e. The molecule has 0 aliphatic heterocycles. The molecule has 0 aliphatic carbocycles. The summed E-state index contributed by atoms with van der Waals surface area (Å²) in [7, 11) is 0. The molecule has 0 saturated heterocycles. The lowest BCUT2D eigenvalue weighted by Crippen LogP contribution is -2.11. The van der Waals surface area contributed by atoms with Gasteiger partial charge in [0.05, 0.1) is 4.88 Å². The average molecular weight is 323 g/mol. The van der Waals surface area contributed by atoms with Crippen molar-refractivity contribution in [2.45, 2.75) is 10.9 Å². The highest BCUT2D eigenvalue weighted by Gasteiger charge is 2.12. The molecule has 2 N–H and O–H groups in total. The standard InChI is InChI=1S/C13H11ClN4S2/c14-10-5-3-9(4-6-10)8-20-13-17-16-12(18(13)15)11-2-1-7-19-11/h1-7H,8,15H2. The second-order valence-corrected chi connectivity index (χ2v) is 6.40. The predicted octanol–water partition coefficient (Wildman–Crippen LogP) is 3.67. The van der Waals surface area contributed by atoms with Gasteiger partial charge < -0.3 is 5.84 Å². The van der Waals surface area contributed by atoms with Crippen LogP contribution in [0.1, 0.15) is 5.56 Å². The summed E-state index contributed by atoms with van der Waals surface area (Å²) >= 11 is 9.00. The summed E-state index contributed by atoms with van der Waals surface area (Å²) in [4.78, 5) is 1.01. The summed E-state index contributed by atoms with van der Waals surface area (Å²) in [6, 6.07) is 11.7. The van der Waals surface area contributed by atoms with Gasteiger partial charge in [-0.2, -0.15) is 0 Å². The maximum atomic E-state index is 6.04. The van der Waals surface area contributed by atoms with Crippen LogP contribution in [-0.2, 0) is 5.75 Å². The van der Waals surface area contributed by atoms with Crippen molar-refractivity contribution in [1.29, 1.82) is 0 Å². The fourth-order valence-corrected chi connectivity index (χ4v) is 3.32. The summed E-state index contributed by atoms with van der Waals surface area (Å²) < 4.78 is 1.53. The Labute approximate surface area is 129 Å². The lowest BCUT2D eigenvalue weighted by molar-refractivity contribution is 0.850. The molecule has 0 radical (unpaired) electrons. The highest BCUT2D eigenvalue weighted by atomic mass is 35.5. The zero-order valence-electron chi connectivity index (χ0n) is 10.4. The van der Waals surface area contributed by atoms with E-state index in [9.17, 15) is 0 Å². The predicted molar refractivity (Wildman–Crippen MR) is 84.5 cm³/mol. The molecule has 7 heteroatoms. The second kappa shape index (κ2) is 5.87. The van der Waals surface area contributed by atoms with Gasteiger partial charge in [-0.1, -0.05) is 41.6 Å². The zero-order chi connectivity index (χ0) is 13.9. The highest BCUT2D eigenvalue weighted by Crippen LogP contribution is 2.27. The van der Waals surface area contributed by atoms with E-state index in [-0.39, 0.29) is 0 Å². The van der Waals surface area contributed by atoms with Gasteiger partial charge in [0.25, 0.3) is 0 Å². The number of thioether (sulfide) groups is 1. The normalized spacial score (nSPS) is 10.8. The summed E-state index contributed by atoms with van der Waals surface area (Å²) in [6.45, 7) is 0. The fourth-order valence-electron chi connectivity index (χ4n) is 1.68. The van der Waals surface area contributed by atoms with E-state index in [4.69, 9.17) is 17.4 Å².